The Bertz CT molecular complexity index is 714. The van der Waals surface area contributed by atoms with Crippen LogP contribution in [0.1, 0.15) is 0 Å². The van der Waals surface area contributed by atoms with Crippen LogP contribution in [0.5, 0.6) is 0 Å². The summed E-state index contributed by atoms with van der Waals surface area (Å²) in [6.07, 6.45) is 0. The van der Waals surface area contributed by atoms with Crippen LogP contribution in [0, 0.1) is 0 Å². The van der Waals surface area contributed by atoms with E-state index in [-0.39, 0.29) is 0 Å². The van der Waals surface area contributed by atoms with Crippen molar-refractivity contribution in [2.24, 2.45) is 0 Å². The van der Waals surface area contributed by atoms with Crippen LogP contribution >= 0.6 is 28.1 Å². The van der Waals surface area contributed by atoms with Crippen molar-refractivity contribution in [3.8, 4) is 0 Å². The van der Waals surface area contributed by atoms with Gasteiger partial charge < -0.3 is 20.4 Å². The Hall–Kier alpha value is -1.63. The lowest BCUT2D eigenvalue weighted by atomic mass is 10.2. The van der Waals surface area contributed by atoms with Gasteiger partial charge in [0.1, 0.15) is 0 Å². The Labute approximate surface area is 157 Å². The van der Waals surface area contributed by atoms with Crippen LogP contribution in [-0.2, 0) is 0 Å². The minimum Gasteiger partial charge on any atom is -0.359 e. The Kier molecular flexibility index (Phi) is 5.71. The Balaban J connectivity index is 1.69. The van der Waals surface area contributed by atoms with E-state index >= 15 is 0 Å². The first-order valence-corrected chi connectivity index (χ1v) is 9.31. The maximum atomic E-state index is 5.48. The van der Waals surface area contributed by atoms with E-state index in [0.717, 1.165) is 42.0 Å². The molecule has 6 heteroatoms. The number of nitrogens with zero attached hydrogens (tertiary/aromatic N) is 1. The van der Waals surface area contributed by atoms with E-state index < -0.39 is 0 Å². The maximum Gasteiger partial charge on any atom is 0.175 e. The molecule has 1 fully saturated rings. The fraction of sp³-hybridized carbons (Fsp3) is 0.278. The van der Waals surface area contributed by atoms with E-state index in [1.807, 2.05) is 30.3 Å². The second kappa shape index (κ2) is 7.96. The van der Waals surface area contributed by atoms with Gasteiger partial charge in [0.05, 0.1) is 44.6 Å². The molecule has 0 aliphatic carbocycles. The summed E-state index contributed by atoms with van der Waals surface area (Å²) < 4.78 is 1.02. The third-order valence-corrected chi connectivity index (χ3v) is 4.89. The number of hydrogen-bond acceptors (Lipinski definition) is 2. The summed E-state index contributed by atoms with van der Waals surface area (Å²) in [5.41, 5.74) is 3.22. The van der Waals surface area contributed by atoms with Crippen LogP contribution in [0.3, 0.4) is 0 Å². The summed E-state index contributed by atoms with van der Waals surface area (Å²) in [5, 5.41) is 7.18. The molecule has 0 atom stereocenters. The molecule has 3 rings (SSSR count). The number of thiocarbonyl (C=S) groups is 1. The van der Waals surface area contributed by atoms with Crippen molar-refractivity contribution in [1.29, 1.82) is 0 Å². The predicted molar refractivity (Wildman–Crippen MR) is 109 cm³/mol. The first-order valence-electron chi connectivity index (χ1n) is 8.10. The van der Waals surface area contributed by atoms with Gasteiger partial charge in [-0.2, -0.15) is 0 Å². The smallest absolute Gasteiger partial charge is 0.175 e. The molecule has 3 N–H and O–H groups in total. The Morgan fingerprint density at radius 3 is 2.58 bits per heavy atom. The van der Waals surface area contributed by atoms with Crippen LogP contribution in [-0.4, -0.2) is 38.3 Å². The minimum absolute atomic E-state index is 0.598. The van der Waals surface area contributed by atoms with Crippen LogP contribution in [0.2, 0.25) is 0 Å². The minimum atomic E-state index is 0.598. The number of piperazine rings is 1. The number of nitrogens with one attached hydrogen (secondary N) is 3. The van der Waals surface area contributed by atoms with Crippen molar-refractivity contribution < 1.29 is 4.90 Å². The zero-order chi connectivity index (χ0) is 16.9. The first kappa shape index (κ1) is 17.2. The van der Waals surface area contributed by atoms with Crippen LogP contribution < -0.4 is 20.4 Å². The quantitative estimate of drug-likeness (QED) is 0.685. The first-order chi connectivity index (χ1) is 11.6. The van der Waals surface area contributed by atoms with E-state index in [9.17, 15) is 0 Å². The monoisotopic (exact) mass is 405 g/mol. The Morgan fingerprint density at radius 2 is 1.83 bits per heavy atom. The van der Waals surface area contributed by atoms with E-state index in [4.69, 9.17) is 12.2 Å². The maximum absolute atomic E-state index is 5.48. The van der Waals surface area contributed by atoms with Gasteiger partial charge in [-0.25, -0.2) is 0 Å². The zero-order valence-electron chi connectivity index (χ0n) is 13.7. The van der Waals surface area contributed by atoms with Gasteiger partial charge >= 0.3 is 0 Å². The molecule has 4 nitrogen and oxygen atoms in total. The van der Waals surface area contributed by atoms with Gasteiger partial charge in [-0.1, -0.05) is 34.1 Å². The van der Waals surface area contributed by atoms with Gasteiger partial charge in [0.2, 0.25) is 0 Å². The number of quaternary nitrogens is 1. The van der Waals surface area contributed by atoms with Crippen molar-refractivity contribution in [3.05, 3.63) is 53.0 Å². The van der Waals surface area contributed by atoms with Crippen molar-refractivity contribution in [2.45, 2.75) is 0 Å². The molecule has 2 aromatic carbocycles. The second-order valence-electron chi connectivity index (χ2n) is 6.05. The molecule has 0 bridgehead atoms. The standard InChI is InChI=1S/C18H21BrN4S/c1-22-9-11-23(12-10-22)17-8-3-2-7-16(17)21-18(24)20-15-6-4-5-14(19)13-15/h2-8,13H,9-12H2,1H3,(H2,20,21,24)/p+1. The summed E-state index contributed by atoms with van der Waals surface area (Å²) in [6, 6.07) is 16.3. The van der Waals surface area contributed by atoms with Crippen molar-refractivity contribution >= 4 is 50.3 Å². The van der Waals surface area contributed by atoms with E-state index in [1.165, 1.54) is 5.69 Å². The molecule has 24 heavy (non-hydrogen) atoms. The highest BCUT2D eigenvalue weighted by Gasteiger charge is 2.19. The summed E-state index contributed by atoms with van der Waals surface area (Å²) in [4.78, 5) is 4.01. The Morgan fingerprint density at radius 1 is 1.08 bits per heavy atom. The molecule has 0 unspecified atom stereocenters. The van der Waals surface area contributed by atoms with E-state index in [2.05, 4.69) is 56.7 Å². The number of halogens is 1. The van der Waals surface area contributed by atoms with E-state index in [0.29, 0.717) is 5.11 Å². The molecule has 0 spiro atoms. The summed E-state index contributed by atoms with van der Waals surface area (Å²) >= 11 is 8.96. The molecule has 0 amide bonds. The number of likely N-dealkylation sites (N-methyl/N-ethyl adjacent to an activating group) is 1. The third-order valence-electron chi connectivity index (χ3n) is 4.19. The van der Waals surface area contributed by atoms with Gasteiger partial charge in [-0.3, -0.25) is 0 Å². The average molecular weight is 406 g/mol. The molecule has 1 heterocycles. The highest BCUT2D eigenvalue weighted by molar-refractivity contribution is 9.10. The normalized spacial score (nSPS) is 15.2. The number of hydrogen-bond donors (Lipinski definition) is 3. The van der Waals surface area contributed by atoms with Crippen molar-refractivity contribution in [1.82, 2.24) is 0 Å². The molecule has 2 aromatic rings. The lowest BCUT2D eigenvalue weighted by Gasteiger charge is -2.33. The summed E-state index contributed by atoms with van der Waals surface area (Å²) in [5.74, 6) is 0. The van der Waals surface area contributed by atoms with Crippen LogP contribution in [0.25, 0.3) is 0 Å². The molecular formula is C18H22BrN4S+. The van der Waals surface area contributed by atoms with Gasteiger partial charge in [0.15, 0.2) is 5.11 Å². The molecule has 126 valence electrons. The zero-order valence-corrected chi connectivity index (χ0v) is 16.1. The predicted octanol–water partition coefficient (Wildman–Crippen LogP) is 2.59. The molecule has 0 saturated carbocycles. The molecule has 0 radical (unpaired) electrons. The lowest BCUT2D eigenvalue weighted by Crippen LogP contribution is -3.12. The van der Waals surface area contributed by atoms with Gasteiger partial charge in [0, 0.05) is 10.2 Å². The van der Waals surface area contributed by atoms with E-state index in [1.54, 1.807) is 4.90 Å². The largest absolute Gasteiger partial charge is 0.359 e. The lowest BCUT2D eigenvalue weighted by molar-refractivity contribution is -0.880. The van der Waals surface area contributed by atoms with Crippen molar-refractivity contribution in [2.75, 3.05) is 48.8 Å². The molecule has 1 aliphatic heterocycles. The van der Waals surface area contributed by atoms with Gasteiger partial charge in [0.25, 0.3) is 0 Å². The molecular weight excluding hydrogens is 384 g/mol. The van der Waals surface area contributed by atoms with Gasteiger partial charge in [-0.05, 0) is 42.5 Å². The molecule has 1 aliphatic rings. The fourth-order valence-electron chi connectivity index (χ4n) is 2.84. The SMILES string of the molecule is C[NH+]1CCN(c2ccccc2NC(=S)Nc2cccc(Br)c2)CC1. The number of para-hydroxylation sites is 2. The highest BCUT2D eigenvalue weighted by atomic mass is 79.9. The highest BCUT2D eigenvalue weighted by Crippen LogP contribution is 2.26. The molecule has 0 aromatic heterocycles. The topological polar surface area (TPSA) is 31.7 Å². The molecule has 1 saturated heterocycles. The number of anilines is 3. The van der Waals surface area contributed by atoms with Crippen LogP contribution in [0.4, 0.5) is 17.1 Å². The summed E-state index contributed by atoms with van der Waals surface area (Å²) in [7, 11) is 2.25. The summed E-state index contributed by atoms with van der Waals surface area (Å²) in [6.45, 7) is 4.46. The number of benzene rings is 2. The van der Waals surface area contributed by atoms with Gasteiger partial charge in [-0.15, -0.1) is 0 Å². The third kappa shape index (κ3) is 4.47. The average Bonchev–Trinajstić information content (AvgIpc) is 2.56. The fourth-order valence-corrected chi connectivity index (χ4v) is 3.46. The number of rotatable bonds is 3. The second-order valence-corrected chi connectivity index (χ2v) is 7.37. The van der Waals surface area contributed by atoms with Crippen LogP contribution in [0.15, 0.2) is 53.0 Å². The van der Waals surface area contributed by atoms with Crippen molar-refractivity contribution in [3.63, 3.8) is 0 Å².